The van der Waals surface area contributed by atoms with E-state index in [2.05, 4.69) is 51.4 Å². The summed E-state index contributed by atoms with van der Waals surface area (Å²) in [5.41, 5.74) is 0. The second kappa shape index (κ2) is 8.96. The smallest absolute Gasteiger partial charge is 0.255 e. The van der Waals surface area contributed by atoms with Gasteiger partial charge in [0.25, 0.3) is 8.53 Å². The Bertz CT molecular complexity index is 192. The molecule has 0 radical (unpaired) electrons. The van der Waals surface area contributed by atoms with Gasteiger partial charge >= 0.3 is 0 Å². The van der Waals surface area contributed by atoms with Crippen LogP contribution >= 0.6 is 16.6 Å². The van der Waals surface area contributed by atoms with Gasteiger partial charge in [0.1, 0.15) is 8.24 Å². The maximum absolute atomic E-state index is 5.88. The van der Waals surface area contributed by atoms with Crippen LogP contribution in [0, 0.1) is 0 Å². The Morgan fingerprint density at radius 2 is 1.29 bits per heavy atom. The fourth-order valence-electron chi connectivity index (χ4n) is 1.63. The molecule has 0 fully saturated rings. The second-order valence-electron chi connectivity index (χ2n) is 4.67. The van der Waals surface area contributed by atoms with Crippen LogP contribution in [-0.2, 0) is 9.05 Å². The first-order valence-corrected chi connectivity index (χ1v) is 12.8. The molecule has 0 unspecified atom stereocenters. The molecular weight excluding hydrogens is 268 g/mol. The number of nitrogens with zero attached hydrogens (tertiary/aromatic N) is 1. The maximum atomic E-state index is 5.88. The molecule has 0 heterocycles. The first kappa shape index (κ1) is 18.0. The monoisotopic (exact) mass is 297 g/mol. The third-order valence-electron chi connectivity index (χ3n) is 2.23. The van der Waals surface area contributed by atoms with Crippen LogP contribution in [0.3, 0.4) is 0 Å². The van der Waals surface area contributed by atoms with Gasteiger partial charge in [0.2, 0.25) is 0 Å². The van der Waals surface area contributed by atoms with Crippen LogP contribution in [-0.4, -0.2) is 37.9 Å². The number of hydrogen-bond acceptors (Lipinski definition) is 3. The molecule has 0 saturated heterocycles. The van der Waals surface area contributed by atoms with Gasteiger partial charge in [-0.1, -0.05) is 33.5 Å². The molecule has 0 bridgehead atoms. The summed E-state index contributed by atoms with van der Waals surface area (Å²) >= 11 is 0. The largest absolute Gasteiger partial charge is 0.322 e. The summed E-state index contributed by atoms with van der Waals surface area (Å²) in [4.78, 5) is 0. The van der Waals surface area contributed by atoms with Crippen molar-refractivity contribution < 1.29 is 9.05 Å². The highest BCUT2D eigenvalue weighted by atomic mass is 31.2. The normalized spacial score (nSPS) is 13.1. The number of hydrogen-bond donors (Lipinski definition) is 0. The molecule has 0 amide bonds. The lowest BCUT2D eigenvalue weighted by Gasteiger charge is -2.42. The van der Waals surface area contributed by atoms with E-state index in [1.807, 2.05) is 0 Å². The highest BCUT2D eigenvalue weighted by Gasteiger charge is 2.37. The zero-order valence-electron chi connectivity index (χ0n) is 12.5. The summed E-state index contributed by atoms with van der Waals surface area (Å²) in [6.07, 6.45) is 2.46. The van der Waals surface area contributed by atoms with Crippen molar-refractivity contribution in [1.82, 2.24) is 4.11 Å². The Balaban J connectivity index is 4.96. The Kier molecular flexibility index (Phi) is 9.46. The Morgan fingerprint density at radius 3 is 1.53 bits per heavy atom. The van der Waals surface area contributed by atoms with Crippen LogP contribution in [0.15, 0.2) is 0 Å². The highest BCUT2D eigenvalue weighted by Crippen LogP contribution is 2.60. The molecule has 104 valence electrons. The predicted octanol–water partition coefficient (Wildman–Crippen LogP) is 4.86. The summed E-state index contributed by atoms with van der Waals surface area (Å²) in [6, 6.07) is 0. The van der Waals surface area contributed by atoms with Crippen molar-refractivity contribution in [3.63, 3.8) is 0 Å². The van der Waals surface area contributed by atoms with E-state index in [4.69, 9.17) is 9.05 Å². The van der Waals surface area contributed by atoms with Gasteiger partial charge < -0.3 is 9.05 Å². The molecule has 0 aliphatic heterocycles. The minimum Gasteiger partial charge on any atom is -0.322 e. The van der Waals surface area contributed by atoms with Crippen LogP contribution in [0.1, 0.15) is 27.7 Å². The molecular formula is C11H29NO2P2Si. The first-order chi connectivity index (χ1) is 7.92. The van der Waals surface area contributed by atoms with Crippen LogP contribution in [0.2, 0.25) is 19.6 Å². The molecule has 0 aliphatic rings. The summed E-state index contributed by atoms with van der Waals surface area (Å²) in [5, 5.41) is 0. The highest BCUT2D eigenvalue weighted by molar-refractivity contribution is 7.69. The minimum atomic E-state index is -1.39. The standard InChI is InChI=1S/C11H29NO2P2Si/c1-8-13-16(14-9-2)12(17(5,6)7)15(10-3)11-4/h8-11H2,1-7H3. The van der Waals surface area contributed by atoms with Crippen LogP contribution < -0.4 is 0 Å². The molecule has 0 aromatic carbocycles. The zero-order valence-corrected chi connectivity index (χ0v) is 15.3. The van der Waals surface area contributed by atoms with Gasteiger partial charge in [0.15, 0.2) is 0 Å². The minimum absolute atomic E-state index is 0.0963. The van der Waals surface area contributed by atoms with Crippen LogP contribution in [0.25, 0.3) is 0 Å². The molecule has 3 nitrogen and oxygen atoms in total. The summed E-state index contributed by atoms with van der Waals surface area (Å²) < 4.78 is 14.4. The van der Waals surface area contributed by atoms with E-state index in [1.165, 1.54) is 12.3 Å². The van der Waals surface area contributed by atoms with E-state index in [1.54, 1.807) is 0 Å². The molecule has 17 heavy (non-hydrogen) atoms. The van der Waals surface area contributed by atoms with Gasteiger partial charge in [0, 0.05) is 0 Å². The zero-order chi connectivity index (χ0) is 13.5. The summed E-state index contributed by atoms with van der Waals surface area (Å²) in [6.45, 7) is 17.3. The molecule has 0 aliphatic carbocycles. The Morgan fingerprint density at radius 1 is 0.882 bits per heavy atom. The molecule has 0 saturated carbocycles. The fraction of sp³-hybridized carbons (Fsp3) is 1.00. The topological polar surface area (TPSA) is 21.7 Å². The Hall–Kier alpha value is 0.957. The van der Waals surface area contributed by atoms with E-state index in [0.29, 0.717) is 0 Å². The fourth-order valence-corrected chi connectivity index (χ4v) is 11.8. The van der Waals surface area contributed by atoms with E-state index >= 15 is 0 Å². The second-order valence-corrected chi connectivity index (χ2v) is 14.6. The third kappa shape index (κ3) is 6.09. The molecule has 0 rings (SSSR count). The van der Waals surface area contributed by atoms with E-state index in [-0.39, 0.29) is 8.07 Å². The average molecular weight is 297 g/mol. The van der Waals surface area contributed by atoms with Gasteiger partial charge in [-0.25, -0.2) is 4.11 Å². The van der Waals surface area contributed by atoms with Crippen molar-refractivity contribution >= 4 is 24.8 Å². The van der Waals surface area contributed by atoms with Crippen molar-refractivity contribution in [3.05, 3.63) is 0 Å². The third-order valence-corrected chi connectivity index (χ3v) is 12.8. The van der Waals surface area contributed by atoms with Crippen LogP contribution in [0.4, 0.5) is 0 Å². The van der Waals surface area contributed by atoms with Crippen molar-refractivity contribution in [3.8, 4) is 0 Å². The van der Waals surface area contributed by atoms with Crippen LogP contribution in [0.5, 0.6) is 0 Å². The molecule has 6 heteroatoms. The van der Waals surface area contributed by atoms with Crippen molar-refractivity contribution in [2.45, 2.75) is 47.3 Å². The molecule has 0 N–H and O–H groups in total. The quantitative estimate of drug-likeness (QED) is 0.448. The van der Waals surface area contributed by atoms with E-state index in [9.17, 15) is 0 Å². The maximum Gasteiger partial charge on any atom is 0.255 e. The van der Waals surface area contributed by atoms with Gasteiger partial charge in [-0.15, -0.1) is 0 Å². The van der Waals surface area contributed by atoms with E-state index < -0.39 is 16.8 Å². The summed E-state index contributed by atoms with van der Waals surface area (Å²) in [5.74, 6) is 0. The van der Waals surface area contributed by atoms with E-state index in [0.717, 1.165) is 13.2 Å². The molecule has 0 atom stereocenters. The van der Waals surface area contributed by atoms with Gasteiger partial charge in [-0.05, 0) is 34.2 Å². The lowest BCUT2D eigenvalue weighted by molar-refractivity contribution is 0.255. The molecule has 0 aromatic heterocycles. The van der Waals surface area contributed by atoms with Crippen molar-refractivity contribution in [2.24, 2.45) is 0 Å². The first-order valence-electron chi connectivity index (χ1n) is 6.53. The average Bonchev–Trinajstić information content (AvgIpc) is 2.24. The Labute approximate surface area is 111 Å². The number of rotatable bonds is 9. The lowest BCUT2D eigenvalue weighted by atomic mass is 10.9. The van der Waals surface area contributed by atoms with Gasteiger partial charge in [-0.3, -0.25) is 0 Å². The van der Waals surface area contributed by atoms with Crippen molar-refractivity contribution in [1.29, 1.82) is 0 Å². The molecule has 0 aromatic rings. The molecule has 0 spiro atoms. The summed E-state index contributed by atoms with van der Waals surface area (Å²) in [7, 11) is -2.32. The predicted molar refractivity (Wildman–Crippen MR) is 83.4 cm³/mol. The van der Waals surface area contributed by atoms with Crippen molar-refractivity contribution in [2.75, 3.05) is 25.5 Å². The SMILES string of the molecule is CCOP(OCC)N(P(CC)CC)[Si](C)(C)C. The lowest BCUT2D eigenvalue weighted by Crippen LogP contribution is -2.40. The van der Waals surface area contributed by atoms with Gasteiger partial charge in [-0.2, -0.15) is 0 Å². The van der Waals surface area contributed by atoms with Gasteiger partial charge in [0.05, 0.1) is 13.2 Å².